The fourth-order valence-electron chi connectivity index (χ4n) is 18.7. The first-order chi connectivity index (χ1) is 57.1. The first-order valence-electron chi connectivity index (χ1n) is 41.9. The molecule has 0 saturated carbocycles. The van der Waals surface area contributed by atoms with Crippen LogP contribution in [-0.4, -0.2) is 227 Å². The van der Waals surface area contributed by atoms with Gasteiger partial charge >= 0.3 is 0 Å². The molecule has 0 amide bonds. The predicted molar refractivity (Wildman–Crippen MR) is 451 cm³/mol. The predicted octanol–water partition coefficient (Wildman–Crippen LogP) is 12.7. The van der Waals surface area contributed by atoms with Gasteiger partial charge in [-0.3, -0.25) is 40.4 Å². The molecule has 10 aliphatic rings. The summed E-state index contributed by atoms with van der Waals surface area (Å²) in [5, 5.41) is 44.4. The van der Waals surface area contributed by atoms with Crippen LogP contribution in [0.2, 0.25) is 0 Å². The topological polar surface area (TPSA) is 315 Å². The Morgan fingerprint density at radius 2 is 0.716 bits per heavy atom. The zero-order valence-corrected chi connectivity index (χ0v) is 67.2. The second-order valence-electron chi connectivity index (χ2n) is 32.2. The minimum absolute atomic E-state index is 0.387. The fourth-order valence-corrected chi connectivity index (χ4v) is 18.7. The van der Waals surface area contributed by atoms with Crippen molar-refractivity contribution in [3.8, 4) is 33.8 Å². The van der Waals surface area contributed by atoms with Gasteiger partial charge in [0.1, 0.15) is 46.2 Å². The van der Waals surface area contributed by atoms with E-state index in [0.717, 1.165) is 319 Å². The summed E-state index contributed by atoms with van der Waals surface area (Å²) in [4.78, 5) is 54.2. The Bertz CT molecular complexity index is 5630. The third kappa shape index (κ3) is 14.4. The monoisotopic (exact) mass is 1570 g/mol. The van der Waals surface area contributed by atoms with Crippen LogP contribution in [0.1, 0.15) is 132 Å². The van der Waals surface area contributed by atoms with Crippen LogP contribution >= 0.6 is 0 Å². The van der Waals surface area contributed by atoms with E-state index in [1.165, 1.54) is 33.2 Å². The van der Waals surface area contributed by atoms with Crippen molar-refractivity contribution in [1.82, 2.24) is 90.9 Å². The molecule has 0 radical (unpaired) electrons. The Labute approximate surface area is 673 Å². The Morgan fingerprint density at radius 3 is 1.13 bits per heavy atom. The van der Waals surface area contributed by atoms with E-state index >= 15 is 0 Å². The molecule has 10 aliphatic heterocycles. The number of aromatic amines is 5. The van der Waals surface area contributed by atoms with E-state index in [9.17, 15) is 0 Å². The summed E-state index contributed by atoms with van der Waals surface area (Å²) in [6, 6.07) is 18.9. The summed E-state index contributed by atoms with van der Waals surface area (Å²) in [7, 11) is 2.10. The number of rotatable bonds is 8. The third-order valence-corrected chi connectivity index (χ3v) is 25.0. The lowest BCUT2D eigenvalue weighted by molar-refractivity contribution is 0.0839. The molecule has 23 rings (SSSR count). The highest BCUT2D eigenvalue weighted by molar-refractivity contribution is 6.05. The molecule has 5 saturated heterocycles. The molecular formula is C86H103N25O5. The van der Waals surface area contributed by atoms with Crippen LogP contribution in [0, 0.1) is 6.92 Å². The van der Waals surface area contributed by atoms with Gasteiger partial charge in [0.15, 0.2) is 11.6 Å². The number of nitrogens with one attached hydrogen (secondary N) is 5. The van der Waals surface area contributed by atoms with E-state index in [1.807, 2.05) is 86.8 Å². The molecule has 0 spiro atoms. The number of H-pyrrole nitrogens is 5. The normalized spacial score (nSPS) is 18.6. The first-order valence-corrected chi connectivity index (χ1v) is 41.9. The summed E-state index contributed by atoms with van der Waals surface area (Å²) < 4.78 is 27.7. The van der Waals surface area contributed by atoms with Crippen LogP contribution in [-0.2, 0) is 49.7 Å². The quantitative estimate of drug-likeness (QED) is 0.0944. The summed E-state index contributed by atoms with van der Waals surface area (Å²) >= 11 is 0. The van der Waals surface area contributed by atoms with Crippen molar-refractivity contribution in [2.75, 3.05) is 140 Å². The van der Waals surface area contributed by atoms with Crippen molar-refractivity contribution in [2.24, 2.45) is 0 Å². The number of pyridine rings is 8. The van der Waals surface area contributed by atoms with Crippen LogP contribution in [0.3, 0.4) is 0 Å². The Balaban J connectivity index is 0.0000000971. The van der Waals surface area contributed by atoms with Gasteiger partial charge in [-0.1, -0.05) is 20.8 Å². The minimum atomic E-state index is 0.387. The van der Waals surface area contributed by atoms with Gasteiger partial charge in [0.2, 0.25) is 0 Å². The van der Waals surface area contributed by atoms with Gasteiger partial charge in [0.05, 0.1) is 54.5 Å². The lowest BCUT2D eigenvalue weighted by atomic mass is 10.0. The highest BCUT2D eigenvalue weighted by Gasteiger charge is 2.37. The summed E-state index contributed by atoms with van der Waals surface area (Å²) in [6.45, 7) is 26.3. The number of fused-ring (bicyclic) bond motifs is 6. The second-order valence-corrected chi connectivity index (χ2v) is 32.2. The number of nitrogens with zero attached hydrogens (tertiary/aromatic N) is 20. The summed E-state index contributed by atoms with van der Waals surface area (Å²) in [6.07, 6.45) is 26.8. The lowest BCUT2D eigenvalue weighted by Gasteiger charge is -2.35. The number of anilines is 7. The van der Waals surface area contributed by atoms with Crippen LogP contribution in [0.15, 0.2) is 98.1 Å². The molecule has 13 aromatic rings. The van der Waals surface area contributed by atoms with E-state index in [2.05, 4.69) is 153 Å². The zero-order chi connectivity index (χ0) is 78.3. The van der Waals surface area contributed by atoms with Gasteiger partial charge in [-0.2, -0.15) is 25.5 Å². The SMILES string of the molecule is CC(C)c1cc2c(cn1)CN(C1CCOCC1)c1nccc3[nH]nc-2c13.CCN1CCN(C2CCOCC2)c2nccc3[nH]nc1c23.CCc1cc2c(cn1)CN(C1CCOCC1)c1nccc3[nH]nc-2c13.CN1CCN(C2CCOCC2)c2nccc3[nH]nc1c23.Cc1cc2c(cn1)CN(C1CCOCC1)c1nccc3[nH]nc-2c13. The molecule has 30 nitrogen and oxygen atoms in total. The molecule has 5 fully saturated rings. The maximum Gasteiger partial charge on any atom is 0.162 e. The molecule has 602 valence electrons. The number of aromatic nitrogens is 18. The maximum atomic E-state index is 5.58. The van der Waals surface area contributed by atoms with Crippen molar-refractivity contribution >= 4 is 95.2 Å². The zero-order valence-electron chi connectivity index (χ0n) is 67.2. The molecule has 23 heterocycles. The molecule has 5 N–H and O–H groups in total. The van der Waals surface area contributed by atoms with Crippen molar-refractivity contribution in [3.63, 3.8) is 0 Å². The molecule has 0 unspecified atom stereocenters. The highest BCUT2D eigenvalue weighted by atomic mass is 16.5. The van der Waals surface area contributed by atoms with E-state index in [4.69, 9.17) is 48.6 Å². The number of hydrogen-bond acceptors (Lipinski definition) is 25. The molecule has 13 aromatic heterocycles. The van der Waals surface area contributed by atoms with Crippen LogP contribution in [0.4, 0.5) is 40.7 Å². The summed E-state index contributed by atoms with van der Waals surface area (Å²) in [5.41, 5.74) is 18.6. The smallest absolute Gasteiger partial charge is 0.162 e. The van der Waals surface area contributed by atoms with E-state index in [0.29, 0.717) is 36.1 Å². The summed E-state index contributed by atoms with van der Waals surface area (Å²) in [5.74, 6) is 7.68. The van der Waals surface area contributed by atoms with Gasteiger partial charge in [-0.15, -0.1) is 0 Å². The average Bonchev–Trinajstić information content (AvgIpc) is 1.60. The van der Waals surface area contributed by atoms with Crippen molar-refractivity contribution in [1.29, 1.82) is 0 Å². The second kappa shape index (κ2) is 32.9. The van der Waals surface area contributed by atoms with E-state index in [-0.39, 0.29) is 0 Å². The number of aryl methyl sites for hydroxylation is 2. The van der Waals surface area contributed by atoms with Crippen LogP contribution < -0.4 is 34.3 Å². The van der Waals surface area contributed by atoms with E-state index in [1.54, 1.807) is 0 Å². The maximum absolute atomic E-state index is 5.58. The Kier molecular flexibility index (Phi) is 21.3. The number of ether oxygens (including phenoxy) is 5. The molecule has 0 atom stereocenters. The number of likely N-dealkylation sites (N-methyl/N-ethyl adjacent to an activating group) is 2. The highest BCUT2D eigenvalue weighted by Crippen LogP contribution is 2.46. The molecule has 0 bridgehead atoms. The van der Waals surface area contributed by atoms with Gasteiger partial charge in [0, 0.05) is 239 Å². The standard InChI is InChI=1S/C20H23N5O.C19H21N5O.C18H19N5O.C15H21N5O.C14H19N5O/c1-12(2)17-9-15-13(10-22-17)11-25(14-4-7-26-8-5-14)20-18-16(3-6-21-20)23-24-19(15)18;1-2-13-9-15-12(10-21-13)11-24(14-4-7-25-8-5-14)19-17-16(3-6-20-19)22-23-18(15)17;1-11-8-14-12(9-20-11)10-23(13-3-6-24-7-4-13)18-16-15(2-5-19-18)21-22-17(14)16;1-2-19-7-8-20(11-4-9-21-10-5-11)14-13-12(3-6-16-14)17-18-15(13)19;1-18-6-7-19(10-3-8-20-9-4-10)13-12-11(2-5-15-13)16-17-14(12)18/h3,6,9-10,12,14H,4-5,7-8,11H2,1-2H3,(H,23,24);3,6,9-10,14H,2,4-5,7-8,11H2,1H3,(H,22,23);2,5,8-9,13H,3-4,6-7,10H2,1H3,(H,21,22);3,6,11H,2,4-5,7-10H2,1H3,(H,17,18);2,5,10H,3-4,6-9H2,1H3,(H,16,17). The van der Waals surface area contributed by atoms with Gasteiger partial charge in [0.25, 0.3) is 0 Å². The van der Waals surface area contributed by atoms with E-state index < -0.39 is 0 Å². The molecule has 0 aromatic carbocycles. The largest absolute Gasteiger partial charge is 0.381 e. The van der Waals surface area contributed by atoms with Gasteiger partial charge < -0.3 is 58.0 Å². The molecule has 116 heavy (non-hydrogen) atoms. The minimum Gasteiger partial charge on any atom is -0.381 e. The number of hydrogen-bond donors (Lipinski definition) is 5. The molecule has 0 aliphatic carbocycles. The van der Waals surface area contributed by atoms with Gasteiger partial charge in [-0.05, 0) is 156 Å². The van der Waals surface area contributed by atoms with Crippen molar-refractivity contribution < 1.29 is 23.7 Å². The first kappa shape index (κ1) is 75.0. The Hall–Kier alpha value is -11.1. The average molecular weight is 1570 g/mol. The Morgan fingerprint density at radius 1 is 0.371 bits per heavy atom. The molecule has 30 heteroatoms. The van der Waals surface area contributed by atoms with Crippen molar-refractivity contribution in [2.45, 2.75) is 161 Å². The molecular weight excluding hydrogens is 1460 g/mol. The van der Waals surface area contributed by atoms with Crippen LogP contribution in [0.25, 0.3) is 88.3 Å². The lowest BCUT2D eigenvalue weighted by Crippen LogP contribution is -2.43. The van der Waals surface area contributed by atoms with Gasteiger partial charge in [-0.25, -0.2) is 24.9 Å². The van der Waals surface area contributed by atoms with Crippen LogP contribution in [0.5, 0.6) is 0 Å². The van der Waals surface area contributed by atoms with Crippen molar-refractivity contribution in [3.05, 3.63) is 132 Å². The third-order valence-electron chi connectivity index (χ3n) is 25.0. The fraction of sp³-hybridized carbons (Fsp3) is 0.477.